The molecule has 0 saturated heterocycles. The molecule has 0 fully saturated rings. The summed E-state index contributed by atoms with van der Waals surface area (Å²) in [5.41, 5.74) is 11.6. The molecule has 0 N–H and O–H groups in total. The van der Waals surface area contributed by atoms with Gasteiger partial charge in [0.05, 0.1) is 33.7 Å². The van der Waals surface area contributed by atoms with Gasteiger partial charge in [0.2, 0.25) is 5.82 Å². The second kappa shape index (κ2) is 21.9. The van der Waals surface area contributed by atoms with Crippen molar-refractivity contribution in [2.75, 3.05) is 16.5 Å². The van der Waals surface area contributed by atoms with Crippen LogP contribution in [0.5, 0.6) is 11.5 Å². The number of hydrogen-bond donors (Lipinski definition) is 0. The maximum atomic E-state index is 17.0. The Bertz CT molecular complexity index is 4630. The number of rotatable bonds is 10. The molecule has 3 heterocycles. The van der Waals surface area contributed by atoms with Crippen LogP contribution in [0.1, 0.15) is 79.0 Å². The Morgan fingerprint density at radius 2 is 0.886 bits per heavy atom. The summed E-state index contributed by atoms with van der Waals surface area (Å²) in [6, 6.07) is 70.1. The third-order valence-corrected chi connectivity index (χ3v) is 16.9. The van der Waals surface area contributed by atoms with Gasteiger partial charge in [-0.1, -0.05) is 196 Å². The molecule has 10 aromatic carbocycles. The number of hydrogen-bond acceptors (Lipinski definition) is 4. The van der Waals surface area contributed by atoms with Gasteiger partial charge >= 0.3 is 0 Å². The molecule has 13 rings (SSSR count). The fourth-order valence-corrected chi connectivity index (χ4v) is 12.1. The van der Waals surface area contributed by atoms with Crippen molar-refractivity contribution in [3.05, 3.63) is 264 Å². The second-order valence-corrected chi connectivity index (χ2v) is 26.0. The standard InChI is InChI=1S/C78H65F5N4O/c1-76(2,3)54-34-35-84-68(43-54)87-64-25-17-16-24-60(64)61-33-32-58(45-67(61)87)88-59-39-51(50-30-28-49(29-31-50)47-20-12-10-13-21-47)38-57(44-59)85-46-86(66-27-19-18-26-65(66)85)75-62(53-36-55(77(4,5)6)42-56(37-53)78(7,8)9)40-52(48-22-14-11-15-23-48)41-63(75)69-70(79)72(81)74(83)73(82)71(69)80/h10-45H,46H2,1-9H3. The minimum Gasteiger partial charge on any atom is -0.457 e. The highest BCUT2D eigenvalue weighted by Gasteiger charge is 2.36. The zero-order valence-corrected chi connectivity index (χ0v) is 50.6. The first-order valence-electron chi connectivity index (χ1n) is 29.6. The largest absolute Gasteiger partial charge is 0.457 e. The van der Waals surface area contributed by atoms with Crippen LogP contribution in [0.2, 0.25) is 0 Å². The predicted octanol–water partition coefficient (Wildman–Crippen LogP) is 22.1. The molecule has 1 aliphatic heterocycles. The summed E-state index contributed by atoms with van der Waals surface area (Å²) in [5.74, 6) is -8.28. The number of para-hydroxylation sites is 3. The molecule has 0 spiro atoms. The normalized spacial score (nSPS) is 12.8. The maximum absolute atomic E-state index is 17.0. The molecule has 2 aromatic heterocycles. The molecule has 0 aliphatic carbocycles. The zero-order chi connectivity index (χ0) is 61.6. The number of pyridine rings is 1. The van der Waals surface area contributed by atoms with Gasteiger partial charge in [-0.25, -0.2) is 26.9 Å². The summed E-state index contributed by atoms with van der Waals surface area (Å²) < 4.78 is 90.3. The molecule has 5 nitrogen and oxygen atoms in total. The number of anilines is 4. The van der Waals surface area contributed by atoms with E-state index in [-0.39, 0.29) is 34.2 Å². The van der Waals surface area contributed by atoms with E-state index in [9.17, 15) is 0 Å². The Labute approximate surface area is 510 Å². The molecule has 1 aliphatic rings. The van der Waals surface area contributed by atoms with Crippen LogP contribution in [0, 0.1) is 29.1 Å². The summed E-state index contributed by atoms with van der Waals surface area (Å²) in [7, 11) is 0. The second-order valence-electron chi connectivity index (χ2n) is 26.0. The van der Waals surface area contributed by atoms with E-state index >= 15 is 22.0 Å². The van der Waals surface area contributed by atoms with E-state index in [1.807, 2.05) is 120 Å². The number of benzene rings is 10. The summed E-state index contributed by atoms with van der Waals surface area (Å²) in [6.07, 6.45) is 1.86. The van der Waals surface area contributed by atoms with Crippen molar-refractivity contribution in [3.63, 3.8) is 0 Å². The van der Waals surface area contributed by atoms with Crippen LogP contribution < -0.4 is 14.5 Å². The van der Waals surface area contributed by atoms with Gasteiger partial charge < -0.3 is 14.5 Å². The number of aromatic nitrogens is 2. The quantitative estimate of drug-likeness (QED) is 0.0776. The SMILES string of the molecule is CC(C)(C)c1cc(-c2cc(-c3ccccc3)cc(-c3c(F)c(F)c(F)c(F)c3F)c2N2CN(c3cc(Oc4ccc5c6ccccc6n(-c6cc(C(C)(C)C)ccn6)c5c4)cc(-c4ccc(-c5ccccc5)cc4)c3)c3ccccc32)cc(C(C)(C)C)c1. The first-order chi connectivity index (χ1) is 42.1. The summed E-state index contributed by atoms with van der Waals surface area (Å²) >= 11 is 0. The van der Waals surface area contributed by atoms with Gasteiger partial charge in [-0.05, 0) is 139 Å². The van der Waals surface area contributed by atoms with Crippen LogP contribution in [0.15, 0.2) is 219 Å². The number of nitrogens with zero attached hydrogens (tertiary/aromatic N) is 4. The lowest BCUT2D eigenvalue weighted by Gasteiger charge is -2.30. The minimum absolute atomic E-state index is 0.0348. The summed E-state index contributed by atoms with van der Waals surface area (Å²) in [4.78, 5) is 8.95. The van der Waals surface area contributed by atoms with Gasteiger partial charge in [0, 0.05) is 45.9 Å². The van der Waals surface area contributed by atoms with Crippen LogP contribution >= 0.6 is 0 Å². The Kier molecular flexibility index (Phi) is 14.2. The van der Waals surface area contributed by atoms with Crippen molar-refractivity contribution in [1.29, 1.82) is 0 Å². The van der Waals surface area contributed by atoms with Gasteiger partial charge in [0.15, 0.2) is 23.3 Å². The van der Waals surface area contributed by atoms with Crippen molar-refractivity contribution in [1.82, 2.24) is 9.55 Å². The molecule has 0 radical (unpaired) electrons. The van der Waals surface area contributed by atoms with E-state index < -0.39 is 34.6 Å². The fourth-order valence-electron chi connectivity index (χ4n) is 12.1. The number of fused-ring (bicyclic) bond motifs is 4. The predicted molar refractivity (Wildman–Crippen MR) is 350 cm³/mol. The van der Waals surface area contributed by atoms with E-state index in [1.54, 1.807) is 6.07 Å². The van der Waals surface area contributed by atoms with E-state index in [1.165, 1.54) is 0 Å². The molecular weight excluding hydrogens is 1100 g/mol. The van der Waals surface area contributed by atoms with Crippen LogP contribution in [-0.4, -0.2) is 16.2 Å². The van der Waals surface area contributed by atoms with Gasteiger partial charge in [-0.3, -0.25) is 4.57 Å². The molecular formula is C78H65F5N4O. The van der Waals surface area contributed by atoms with E-state index in [0.717, 1.165) is 72.3 Å². The van der Waals surface area contributed by atoms with Crippen molar-refractivity contribution >= 4 is 44.6 Å². The monoisotopic (exact) mass is 1170 g/mol. The van der Waals surface area contributed by atoms with Gasteiger partial charge in [-0.2, -0.15) is 0 Å². The van der Waals surface area contributed by atoms with Crippen LogP contribution in [-0.2, 0) is 16.2 Å². The zero-order valence-electron chi connectivity index (χ0n) is 50.6. The number of ether oxygens (including phenoxy) is 1. The number of halogens is 5. The third kappa shape index (κ3) is 10.4. The maximum Gasteiger partial charge on any atom is 0.200 e. The Hall–Kier alpha value is -9.80. The van der Waals surface area contributed by atoms with Crippen molar-refractivity contribution < 1.29 is 26.7 Å². The van der Waals surface area contributed by atoms with Gasteiger partial charge in [0.25, 0.3) is 0 Å². The highest BCUT2D eigenvalue weighted by atomic mass is 19.2. The Morgan fingerprint density at radius 3 is 1.51 bits per heavy atom. The topological polar surface area (TPSA) is 33.5 Å². The van der Waals surface area contributed by atoms with E-state index in [4.69, 9.17) is 9.72 Å². The molecule has 0 atom stereocenters. The highest BCUT2D eigenvalue weighted by molar-refractivity contribution is 6.09. The molecule has 0 saturated carbocycles. The Balaban J connectivity index is 1.03. The molecule has 0 amide bonds. The van der Waals surface area contributed by atoms with Gasteiger partial charge in [0.1, 0.15) is 24.0 Å². The first-order valence-corrected chi connectivity index (χ1v) is 29.6. The average molecular weight is 1170 g/mol. The van der Waals surface area contributed by atoms with Crippen molar-refractivity contribution in [2.45, 2.75) is 78.6 Å². The lowest BCUT2D eigenvalue weighted by atomic mass is 9.78. The average Bonchev–Trinajstić information content (AvgIpc) is 1.97. The lowest BCUT2D eigenvalue weighted by Crippen LogP contribution is -2.25. The highest BCUT2D eigenvalue weighted by Crippen LogP contribution is 2.54. The molecule has 10 heteroatoms. The molecule has 12 aromatic rings. The van der Waals surface area contributed by atoms with Crippen molar-refractivity contribution in [3.8, 4) is 73.0 Å². The molecule has 438 valence electrons. The summed E-state index contributed by atoms with van der Waals surface area (Å²) in [5, 5.41) is 2.11. The van der Waals surface area contributed by atoms with Crippen LogP contribution in [0.25, 0.3) is 83.3 Å². The Morgan fingerprint density at radius 1 is 0.375 bits per heavy atom. The minimum atomic E-state index is -2.23. The van der Waals surface area contributed by atoms with Gasteiger partial charge in [-0.15, -0.1) is 0 Å². The van der Waals surface area contributed by atoms with E-state index in [0.29, 0.717) is 45.1 Å². The van der Waals surface area contributed by atoms with E-state index in [2.05, 4.69) is 169 Å². The lowest BCUT2D eigenvalue weighted by molar-refractivity contribution is 0.381. The van der Waals surface area contributed by atoms with Crippen LogP contribution in [0.3, 0.4) is 0 Å². The molecule has 0 bridgehead atoms. The summed E-state index contributed by atoms with van der Waals surface area (Å²) in [6.45, 7) is 19.4. The molecule has 88 heavy (non-hydrogen) atoms. The first kappa shape index (κ1) is 57.3. The fraction of sp³-hybridized carbons (Fsp3) is 0.167. The smallest absolute Gasteiger partial charge is 0.200 e. The van der Waals surface area contributed by atoms with Crippen LogP contribution in [0.4, 0.5) is 44.7 Å². The van der Waals surface area contributed by atoms with Crippen molar-refractivity contribution in [2.24, 2.45) is 0 Å². The molecule has 0 unspecified atom stereocenters. The third-order valence-electron chi connectivity index (χ3n) is 16.9.